The summed E-state index contributed by atoms with van der Waals surface area (Å²) < 4.78 is 53.8. The Balaban J connectivity index is 0.00000158. The first kappa shape index (κ1) is 26.6. The van der Waals surface area contributed by atoms with Crippen molar-refractivity contribution in [3.8, 4) is 0 Å². The number of hydrogen-bond donors (Lipinski definition) is 0. The molecule has 3 aliphatic rings. The Bertz CT molecular complexity index is 927. The first-order valence-corrected chi connectivity index (χ1v) is 12.8. The molecule has 4 rings (SSSR count). The molecule has 192 valence electrons. The minimum Gasteiger partial charge on any atom is -0.444 e. The third-order valence-corrected chi connectivity index (χ3v) is 7.47. The summed E-state index contributed by atoms with van der Waals surface area (Å²) in [5.74, 6) is -3.01. The van der Waals surface area contributed by atoms with Crippen LogP contribution in [-0.4, -0.2) is 71.6 Å². The third-order valence-electron chi connectivity index (χ3n) is 6.10. The summed E-state index contributed by atoms with van der Waals surface area (Å²) in [4.78, 5) is 18.8. The molecule has 1 amide bonds. The zero-order valence-corrected chi connectivity index (χ0v) is 21.8. The molecule has 0 spiro atoms. The number of ether oxygens (including phenoxy) is 2. The van der Waals surface area contributed by atoms with E-state index in [1.807, 2.05) is 40.7 Å². The van der Waals surface area contributed by atoms with Crippen molar-refractivity contribution in [2.24, 2.45) is 5.92 Å². The summed E-state index contributed by atoms with van der Waals surface area (Å²) in [5.41, 5.74) is 0.786. The molecule has 1 saturated carbocycles. The van der Waals surface area contributed by atoms with Crippen molar-refractivity contribution in [3.63, 3.8) is 0 Å². The lowest BCUT2D eigenvalue weighted by atomic mass is 9.90. The van der Waals surface area contributed by atoms with E-state index in [0.29, 0.717) is 31.0 Å². The summed E-state index contributed by atoms with van der Waals surface area (Å²) in [5, 5.41) is 0. The number of aromatic nitrogens is 1. The van der Waals surface area contributed by atoms with E-state index in [4.69, 9.17) is 14.5 Å². The molecule has 0 bridgehead atoms. The second kappa shape index (κ2) is 9.93. The van der Waals surface area contributed by atoms with Gasteiger partial charge in [0.15, 0.2) is 5.82 Å². The predicted octanol–water partition coefficient (Wildman–Crippen LogP) is 4.34. The highest BCUT2D eigenvalue weighted by Gasteiger charge is 2.58. The van der Waals surface area contributed by atoms with E-state index in [-0.39, 0.29) is 31.1 Å². The van der Waals surface area contributed by atoms with E-state index < -0.39 is 28.6 Å². The van der Waals surface area contributed by atoms with Crippen molar-refractivity contribution in [1.82, 2.24) is 9.88 Å². The molecule has 2 fully saturated rings. The van der Waals surface area contributed by atoms with Crippen LogP contribution in [-0.2, 0) is 20.6 Å². The summed E-state index contributed by atoms with van der Waals surface area (Å²) >= 11 is -1.59. The highest BCUT2D eigenvalue weighted by molar-refractivity contribution is 7.88. The monoisotopic (exact) mass is 502 g/mol. The zero-order valence-electron chi connectivity index (χ0n) is 21.0. The van der Waals surface area contributed by atoms with E-state index in [0.717, 1.165) is 5.69 Å². The quantitative estimate of drug-likeness (QED) is 0.613. The number of carbonyl (C=O) groups excluding carboxylic acids is 1. The van der Waals surface area contributed by atoms with Gasteiger partial charge in [-0.05, 0) is 39.3 Å². The number of alkyl halides is 2. The molecule has 0 N–H and O–H groups in total. The molecule has 2 aliphatic heterocycles. The van der Waals surface area contributed by atoms with Crippen molar-refractivity contribution < 1.29 is 27.3 Å². The average molecular weight is 503 g/mol. The van der Waals surface area contributed by atoms with Crippen molar-refractivity contribution in [2.75, 3.05) is 42.4 Å². The van der Waals surface area contributed by atoms with Gasteiger partial charge >= 0.3 is 6.09 Å². The molecule has 0 aromatic carbocycles. The number of methoxy groups -OCH3 is 1. The van der Waals surface area contributed by atoms with E-state index >= 15 is 0 Å². The molecule has 0 radical (unpaired) electrons. The first-order valence-electron chi connectivity index (χ1n) is 11.7. The number of halogens is 2. The lowest BCUT2D eigenvalue weighted by Gasteiger charge is -2.38. The van der Waals surface area contributed by atoms with Gasteiger partial charge in [-0.1, -0.05) is 13.8 Å². The number of likely N-dealkylation sites (tertiary alicyclic amines) is 1. The fourth-order valence-electron chi connectivity index (χ4n) is 4.21. The number of nitrogens with zero attached hydrogens (tertiary/aromatic N) is 4. The van der Waals surface area contributed by atoms with Crippen LogP contribution in [0.15, 0.2) is 12.1 Å². The Hall–Kier alpha value is -2.01. The van der Waals surface area contributed by atoms with E-state index in [2.05, 4.69) is 0 Å². The molecule has 8 nitrogen and oxygen atoms in total. The molecule has 1 aliphatic carbocycles. The van der Waals surface area contributed by atoms with E-state index in [9.17, 15) is 17.8 Å². The Labute approximate surface area is 203 Å². The van der Waals surface area contributed by atoms with Gasteiger partial charge in [0, 0.05) is 51.2 Å². The van der Waals surface area contributed by atoms with E-state index in [1.54, 1.807) is 25.1 Å². The zero-order chi connectivity index (χ0) is 25.4. The Kier molecular flexibility index (Phi) is 7.76. The van der Waals surface area contributed by atoms with Crippen LogP contribution in [0.1, 0.15) is 59.1 Å². The van der Waals surface area contributed by atoms with Gasteiger partial charge in [-0.3, -0.25) is 8.61 Å². The number of fused-ring (bicyclic) bond motifs is 1. The minimum atomic E-state index is -2.67. The summed E-state index contributed by atoms with van der Waals surface area (Å²) in [6.07, 6.45) is -0.187. The smallest absolute Gasteiger partial charge is 0.410 e. The molecule has 1 saturated heterocycles. The minimum absolute atomic E-state index is 0.0347. The van der Waals surface area contributed by atoms with Gasteiger partial charge in [0.2, 0.25) is 11.2 Å². The standard InChI is InChI=1S/C21H30F2N4O4S.C2H6/c1-20(2,3)31-19(28)26-9-8-14(17(12-26)30-5)15-6-7-16-18(24-15)25(4)32(29)27(16)11-13-10-21(13,22)23;1-2/h6-7,13-14,17H,8-12H2,1-5H3;1-2H3. The number of carbonyl (C=O) groups is 1. The molecule has 1 aromatic rings. The van der Waals surface area contributed by atoms with Crippen LogP contribution < -0.4 is 8.61 Å². The average Bonchev–Trinajstić information content (AvgIpc) is 3.33. The number of piperidine rings is 1. The van der Waals surface area contributed by atoms with Crippen LogP contribution in [0.5, 0.6) is 0 Å². The summed E-state index contributed by atoms with van der Waals surface area (Å²) in [6, 6.07) is 3.64. The van der Waals surface area contributed by atoms with Crippen LogP contribution in [0.2, 0.25) is 0 Å². The van der Waals surface area contributed by atoms with Gasteiger partial charge < -0.3 is 14.4 Å². The number of amides is 1. The number of hydrogen-bond acceptors (Lipinski definition) is 5. The maximum absolute atomic E-state index is 13.4. The molecular weight excluding hydrogens is 466 g/mol. The van der Waals surface area contributed by atoms with Gasteiger partial charge in [-0.25, -0.2) is 22.8 Å². The number of pyridine rings is 1. The number of anilines is 2. The Morgan fingerprint density at radius 2 is 1.94 bits per heavy atom. The van der Waals surface area contributed by atoms with Gasteiger partial charge in [0.05, 0.1) is 18.3 Å². The van der Waals surface area contributed by atoms with Crippen molar-refractivity contribution in [3.05, 3.63) is 17.8 Å². The normalized spacial score (nSPS) is 27.6. The molecular formula is C23H36F2N4O4S. The topological polar surface area (TPSA) is 75.2 Å². The van der Waals surface area contributed by atoms with Gasteiger partial charge in [0.25, 0.3) is 5.92 Å². The van der Waals surface area contributed by atoms with Crippen LogP contribution in [0.3, 0.4) is 0 Å². The van der Waals surface area contributed by atoms with Gasteiger partial charge in [-0.2, -0.15) is 0 Å². The summed E-state index contributed by atoms with van der Waals surface area (Å²) in [6.45, 7) is 10.4. The predicted molar refractivity (Wildman–Crippen MR) is 128 cm³/mol. The SMILES string of the molecule is CC.COC1CN(C(=O)OC(C)(C)C)CCC1c1ccc2c(n1)N(C)S(=O)N2CC1CC1(F)F. The fourth-order valence-corrected chi connectivity index (χ4v) is 5.41. The lowest BCUT2D eigenvalue weighted by molar-refractivity contribution is -0.0144. The second-order valence-corrected chi connectivity index (χ2v) is 11.1. The highest BCUT2D eigenvalue weighted by Crippen LogP contribution is 2.51. The van der Waals surface area contributed by atoms with Crippen molar-refractivity contribution >= 4 is 28.8 Å². The maximum Gasteiger partial charge on any atom is 0.410 e. The Morgan fingerprint density at radius 1 is 1.29 bits per heavy atom. The molecule has 1 aromatic heterocycles. The van der Waals surface area contributed by atoms with Gasteiger partial charge in [0.1, 0.15) is 5.60 Å². The van der Waals surface area contributed by atoms with Crippen molar-refractivity contribution in [2.45, 2.75) is 71.0 Å². The maximum atomic E-state index is 13.4. The van der Waals surface area contributed by atoms with Crippen molar-refractivity contribution in [1.29, 1.82) is 0 Å². The third kappa shape index (κ3) is 5.45. The molecule has 11 heteroatoms. The lowest BCUT2D eigenvalue weighted by Crippen LogP contribution is -2.48. The van der Waals surface area contributed by atoms with Gasteiger partial charge in [-0.15, -0.1) is 0 Å². The largest absolute Gasteiger partial charge is 0.444 e. The fraction of sp³-hybridized carbons (Fsp3) is 0.739. The Morgan fingerprint density at radius 3 is 2.50 bits per heavy atom. The highest BCUT2D eigenvalue weighted by atomic mass is 32.2. The van der Waals surface area contributed by atoms with Crippen LogP contribution in [0.4, 0.5) is 25.1 Å². The second-order valence-electron chi connectivity index (χ2n) is 9.63. The van der Waals surface area contributed by atoms with E-state index in [1.165, 1.54) is 8.61 Å². The molecule has 4 atom stereocenters. The number of rotatable bonds is 4. The van der Waals surface area contributed by atoms with Crippen LogP contribution in [0, 0.1) is 5.92 Å². The molecule has 4 unspecified atom stereocenters. The molecule has 34 heavy (non-hydrogen) atoms. The first-order chi connectivity index (χ1) is 15.9. The summed E-state index contributed by atoms with van der Waals surface area (Å²) in [7, 11) is 3.25. The van der Waals surface area contributed by atoms with Crippen LogP contribution in [0.25, 0.3) is 0 Å². The van der Waals surface area contributed by atoms with Crippen LogP contribution >= 0.6 is 0 Å². The molecule has 3 heterocycles.